The van der Waals surface area contributed by atoms with Crippen LogP contribution in [-0.4, -0.2) is 61.3 Å². The van der Waals surface area contributed by atoms with Crippen LogP contribution in [0.15, 0.2) is 24.3 Å². The fourth-order valence-corrected chi connectivity index (χ4v) is 5.74. The van der Waals surface area contributed by atoms with E-state index in [0.717, 1.165) is 24.3 Å². The summed E-state index contributed by atoms with van der Waals surface area (Å²) in [6.45, 7) is 5.13. The summed E-state index contributed by atoms with van der Waals surface area (Å²) in [7, 11) is 0. The number of aliphatic hydroxyl groups excluding tert-OH is 4. The van der Waals surface area contributed by atoms with Gasteiger partial charge in [0.1, 0.15) is 70.4 Å². The van der Waals surface area contributed by atoms with E-state index in [1.807, 2.05) is 0 Å². The van der Waals surface area contributed by atoms with Gasteiger partial charge in [-0.2, -0.15) is 0 Å². The van der Waals surface area contributed by atoms with Crippen molar-refractivity contribution < 1.29 is 61.3 Å². The van der Waals surface area contributed by atoms with E-state index < -0.39 is 70.4 Å². The van der Waals surface area contributed by atoms with E-state index in [4.69, 9.17) is 0 Å². The van der Waals surface area contributed by atoms with Gasteiger partial charge < -0.3 is 61.3 Å². The van der Waals surface area contributed by atoms with Crippen molar-refractivity contribution in [1.82, 2.24) is 0 Å². The first-order valence-corrected chi connectivity index (χ1v) is 13.4. The summed E-state index contributed by atoms with van der Waals surface area (Å²) >= 11 is 0. The molecule has 0 radical (unpaired) electrons. The summed E-state index contributed by atoms with van der Waals surface area (Å²) in [4.78, 5) is 0. The monoisotopic (exact) mass is 608 g/mol. The van der Waals surface area contributed by atoms with Gasteiger partial charge in [0.25, 0.3) is 0 Å². The Kier molecular flexibility index (Phi) is 7.22. The summed E-state index contributed by atoms with van der Waals surface area (Å²) in [5, 5.41) is 133. The van der Waals surface area contributed by atoms with Gasteiger partial charge in [0, 0.05) is 66.8 Å². The Hall–Kier alpha value is -4.88. The molecular weight excluding hydrogens is 576 g/mol. The van der Waals surface area contributed by atoms with E-state index in [1.165, 1.54) is 27.7 Å². The van der Waals surface area contributed by atoms with Crippen molar-refractivity contribution in [3.05, 3.63) is 91.0 Å². The van der Waals surface area contributed by atoms with Gasteiger partial charge in [0.05, 0.1) is 0 Å². The number of benzene rings is 4. The molecule has 0 saturated carbocycles. The van der Waals surface area contributed by atoms with Crippen molar-refractivity contribution in [2.75, 3.05) is 0 Å². The first-order chi connectivity index (χ1) is 20.5. The molecule has 1 aliphatic rings. The van der Waals surface area contributed by atoms with Crippen molar-refractivity contribution in [2.24, 2.45) is 0 Å². The highest BCUT2D eigenvalue weighted by Gasteiger charge is 2.34. The summed E-state index contributed by atoms with van der Waals surface area (Å²) in [6, 6.07) is 4.10. The van der Waals surface area contributed by atoms with E-state index >= 15 is 0 Å². The Morgan fingerprint density at radius 1 is 0.295 bits per heavy atom. The standard InChI is InChI=1S/C32H32O12/c1-9-21(33)13-5-14(22(9)34)30(42)16-7-18(26(38)11(3)24(16)36)32(44)20-8-19(27(39)12(4)28(20)40)31(43)17-6-15(29(13)41)23(35)10(2)25(17)37/h5-8,29-44H,1-4H3. The number of aromatic hydroxyl groups is 8. The topological polar surface area (TPSA) is 243 Å². The van der Waals surface area contributed by atoms with Gasteiger partial charge in [0.15, 0.2) is 0 Å². The molecule has 0 aliphatic heterocycles. The second-order valence-electron chi connectivity index (χ2n) is 11.1. The van der Waals surface area contributed by atoms with E-state index in [0.29, 0.717) is 0 Å². The lowest BCUT2D eigenvalue weighted by Gasteiger charge is -2.26. The van der Waals surface area contributed by atoms with Crippen LogP contribution in [0.3, 0.4) is 0 Å². The van der Waals surface area contributed by atoms with Gasteiger partial charge in [-0.25, -0.2) is 0 Å². The molecule has 0 aromatic heterocycles. The first kappa shape index (κ1) is 30.6. The molecule has 12 nitrogen and oxygen atoms in total. The van der Waals surface area contributed by atoms with Crippen molar-refractivity contribution >= 4 is 0 Å². The zero-order chi connectivity index (χ0) is 32.7. The third-order valence-corrected chi connectivity index (χ3v) is 8.63. The molecule has 12 N–H and O–H groups in total. The van der Waals surface area contributed by atoms with E-state index in [-0.39, 0.29) is 66.8 Å². The third-order valence-electron chi connectivity index (χ3n) is 8.63. The minimum atomic E-state index is -1.88. The highest BCUT2D eigenvalue weighted by molar-refractivity contribution is 5.65. The van der Waals surface area contributed by atoms with Gasteiger partial charge in [-0.3, -0.25) is 0 Å². The highest BCUT2D eigenvalue weighted by Crippen LogP contribution is 2.51. The van der Waals surface area contributed by atoms with Crippen LogP contribution < -0.4 is 0 Å². The molecule has 0 amide bonds. The quantitative estimate of drug-likeness (QED) is 0.138. The summed E-state index contributed by atoms with van der Waals surface area (Å²) in [5.41, 5.74) is -3.30. The molecule has 0 heterocycles. The molecular formula is C32H32O12. The Bertz CT molecular complexity index is 1480. The van der Waals surface area contributed by atoms with Gasteiger partial charge in [-0.1, -0.05) is 0 Å². The number of hydrogen-bond donors (Lipinski definition) is 12. The van der Waals surface area contributed by atoms with Crippen molar-refractivity contribution in [3.8, 4) is 46.0 Å². The molecule has 44 heavy (non-hydrogen) atoms. The molecule has 4 aromatic rings. The number of fused-ring (bicyclic) bond motifs is 8. The van der Waals surface area contributed by atoms with Crippen LogP contribution in [0.4, 0.5) is 0 Å². The lowest BCUT2D eigenvalue weighted by molar-refractivity contribution is 0.195. The molecule has 1 aliphatic carbocycles. The predicted molar refractivity (Wildman–Crippen MR) is 154 cm³/mol. The largest absolute Gasteiger partial charge is 0.507 e. The minimum Gasteiger partial charge on any atom is -0.507 e. The van der Waals surface area contributed by atoms with Crippen molar-refractivity contribution in [2.45, 2.75) is 52.1 Å². The lowest BCUT2D eigenvalue weighted by atomic mass is 9.85. The van der Waals surface area contributed by atoms with Crippen LogP contribution in [0.1, 0.15) is 91.2 Å². The Morgan fingerprint density at radius 2 is 0.409 bits per heavy atom. The summed E-state index contributed by atoms with van der Waals surface area (Å²) in [5.74, 6) is -4.90. The zero-order valence-electron chi connectivity index (χ0n) is 24.0. The van der Waals surface area contributed by atoms with Crippen LogP contribution >= 0.6 is 0 Å². The minimum absolute atomic E-state index is 0.192. The van der Waals surface area contributed by atoms with Gasteiger partial charge in [0.2, 0.25) is 0 Å². The van der Waals surface area contributed by atoms with Gasteiger partial charge in [-0.05, 0) is 52.0 Å². The maximum atomic E-state index is 11.5. The first-order valence-electron chi connectivity index (χ1n) is 13.4. The number of phenolic OH excluding ortho intramolecular Hbond substituents is 8. The normalized spacial score (nSPS) is 19.6. The van der Waals surface area contributed by atoms with E-state index in [1.54, 1.807) is 0 Å². The molecule has 0 spiro atoms. The van der Waals surface area contributed by atoms with Crippen LogP contribution in [-0.2, 0) is 0 Å². The maximum absolute atomic E-state index is 11.5. The van der Waals surface area contributed by atoms with Crippen LogP contribution in [0, 0.1) is 27.7 Å². The molecule has 232 valence electrons. The lowest BCUT2D eigenvalue weighted by Crippen LogP contribution is -2.12. The smallest absolute Gasteiger partial charge is 0.128 e. The second kappa shape index (κ2) is 10.4. The molecule has 0 saturated heterocycles. The fraction of sp³-hybridized carbons (Fsp3) is 0.250. The Labute approximate surface area is 250 Å². The molecule has 0 fully saturated rings. The van der Waals surface area contributed by atoms with Crippen molar-refractivity contribution in [1.29, 1.82) is 0 Å². The van der Waals surface area contributed by atoms with Crippen LogP contribution in [0.2, 0.25) is 0 Å². The Balaban J connectivity index is 1.97. The number of rotatable bonds is 0. The van der Waals surface area contributed by atoms with Gasteiger partial charge >= 0.3 is 0 Å². The SMILES string of the molecule is Cc1c(O)c2cc(c1O)C(O)c1cc(c(O)c(C)c1O)C(O)c1cc(c(O)c(C)c1O)C(O)c1cc(c(O)c(C)c1O)C2O. The van der Waals surface area contributed by atoms with E-state index in [2.05, 4.69) is 0 Å². The predicted octanol–water partition coefficient (Wildman–Crippen LogP) is 3.21. The molecule has 8 bridgehead atoms. The number of hydrogen-bond acceptors (Lipinski definition) is 12. The van der Waals surface area contributed by atoms with Crippen LogP contribution in [0.5, 0.6) is 46.0 Å². The highest BCUT2D eigenvalue weighted by atomic mass is 16.3. The Morgan fingerprint density at radius 3 is 0.523 bits per heavy atom. The van der Waals surface area contributed by atoms with E-state index in [9.17, 15) is 61.3 Å². The second-order valence-corrected chi connectivity index (χ2v) is 11.1. The maximum Gasteiger partial charge on any atom is 0.128 e. The fourth-order valence-electron chi connectivity index (χ4n) is 5.74. The molecule has 4 aromatic carbocycles. The van der Waals surface area contributed by atoms with Crippen molar-refractivity contribution in [3.63, 3.8) is 0 Å². The average Bonchev–Trinajstić information content (AvgIpc) is 2.99. The third kappa shape index (κ3) is 4.22. The average molecular weight is 609 g/mol. The number of phenols is 8. The summed E-state index contributed by atoms with van der Waals surface area (Å²) in [6.07, 6.45) is -7.51. The molecule has 0 unspecified atom stereocenters. The summed E-state index contributed by atoms with van der Waals surface area (Å²) < 4.78 is 0. The molecule has 0 atom stereocenters. The molecule has 12 heteroatoms. The zero-order valence-corrected chi connectivity index (χ0v) is 24.0. The number of aliphatic hydroxyl groups is 4. The van der Waals surface area contributed by atoms with Crippen LogP contribution in [0.25, 0.3) is 0 Å². The van der Waals surface area contributed by atoms with Gasteiger partial charge in [-0.15, -0.1) is 0 Å². The molecule has 5 rings (SSSR count).